The number of benzene rings is 2. The van der Waals surface area contributed by atoms with E-state index in [0.29, 0.717) is 18.4 Å². The Morgan fingerprint density at radius 3 is 2.36 bits per heavy atom. The number of amides is 1. The summed E-state index contributed by atoms with van der Waals surface area (Å²) in [6.45, 7) is -0.110. The molecule has 0 unspecified atom stereocenters. The summed E-state index contributed by atoms with van der Waals surface area (Å²) in [5.74, 6) is -0.876. The minimum absolute atomic E-state index is 0.00833. The Bertz CT molecular complexity index is 990. The lowest BCUT2D eigenvalue weighted by atomic mass is 9.79. The Hall–Kier alpha value is -2.54. The highest BCUT2D eigenvalue weighted by atomic mass is 32.2. The van der Waals surface area contributed by atoms with Gasteiger partial charge in [-0.05, 0) is 35.2 Å². The number of halogens is 1. The first kappa shape index (κ1) is 16.0. The van der Waals surface area contributed by atoms with Crippen molar-refractivity contribution in [2.24, 2.45) is 0 Å². The highest BCUT2D eigenvalue weighted by Gasteiger charge is 2.41. The first-order chi connectivity index (χ1) is 11.9. The Morgan fingerprint density at radius 1 is 1.04 bits per heavy atom. The van der Waals surface area contributed by atoms with Crippen molar-refractivity contribution >= 4 is 21.7 Å². The molecule has 1 aliphatic heterocycles. The summed E-state index contributed by atoms with van der Waals surface area (Å²) in [5, 5.41) is 0. The minimum atomic E-state index is -4.04. The summed E-state index contributed by atoms with van der Waals surface area (Å²) in [6.07, 6.45) is 1.08. The number of ketones is 1. The van der Waals surface area contributed by atoms with E-state index in [1.165, 1.54) is 6.07 Å². The summed E-state index contributed by atoms with van der Waals surface area (Å²) in [4.78, 5) is 23.2. The van der Waals surface area contributed by atoms with Crippen molar-refractivity contribution in [3.8, 4) is 0 Å². The molecule has 5 nitrogen and oxygen atoms in total. The van der Waals surface area contributed by atoms with Gasteiger partial charge in [0.15, 0.2) is 0 Å². The fourth-order valence-corrected chi connectivity index (χ4v) is 4.76. The normalized spacial score (nSPS) is 19.0. The van der Waals surface area contributed by atoms with E-state index in [4.69, 9.17) is 0 Å². The maximum Gasteiger partial charge on any atom is 0.269 e. The van der Waals surface area contributed by atoms with Crippen LogP contribution in [0.15, 0.2) is 47.4 Å². The van der Waals surface area contributed by atoms with Crippen molar-refractivity contribution in [2.75, 3.05) is 0 Å². The second-order valence-electron chi connectivity index (χ2n) is 6.34. The quantitative estimate of drug-likeness (QED) is 0.845. The van der Waals surface area contributed by atoms with Gasteiger partial charge in [0.1, 0.15) is 16.5 Å². The molecule has 7 heteroatoms. The number of carbonyl (C=O) groups is 2. The van der Waals surface area contributed by atoms with E-state index < -0.39 is 21.7 Å². The van der Waals surface area contributed by atoms with Gasteiger partial charge >= 0.3 is 0 Å². The minimum Gasteiger partial charge on any atom is -0.300 e. The van der Waals surface area contributed by atoms with Crippen LogP contribution in [-0.4, -0.2) is 24.4 Å². The molecule has 1 fully saturated rings. The molecule has 0 bridgehead atoms. The molecule has 128 valence electrons. The van der Waals surface area contributed by atoms with Crippen LogP contribution >= 0.6 is 0 Å². The first-order valence-corrected chi connectivity index (χ1v) is 9.27. The molecule has 1 amide bonds. The molecule has 1 heterocycles. The summed E-state index contributed by atoms with van der Waals surface area (Å²) < 4.78 is 39.2. The molecule has 0 atom stereocenters. The molecule has 0 aromatic heterocycles. The van der Waals surface area contributed by atoms with Gasteiger partial charge in [0.2, 0.25) is 0 Å². The third kappa shape index (κ3) is 2.55. The second-order valence-corrected chi connectivity index (χ2v) is 8.17. The lowest BCUT2D eigenvalue weighted by Gasteiger charge is -2.24. The number of carbonyl (C=O) groups excluding carboxylic acids is 2. The van der Waals surface area contributed by atoms with Gasteiger partial charge in [-0.2, -0.15) is 0 Å². The molecule has 2 aliphatic rings. The van der Waals surface area contributed by atoms with Gasteiger partial charge in [-0.1, -0.05) is 24.3 Å². The van der Waals surface area contributed by atoms with E-state index in [0.717, 1.165) is 22.0 Å². The van der Waals surface area contributed by atoms with Gasteiger partial charge in [-0.3, -0.25) is 9.59 Å². The zero-order valence-corrected chi connectivity index (χ0v) is 13.9. The molecule has 0 radical (unpaired) electrons. The molecule has 0 saturated heterocycles. The van der Waals surface area contributed by atoms with Crippen LogP contribution in [-0.2, 0) is 21.4 Å². The number of fused-ring (bicyclic) bond motifs is 1. The second kappa shape index (κ2) is 5.49. The maximum absolute atomic E-state index is 13.4. The molecule has 2 aromatic carbocycles. The summed E-state index contributed by atoms with van der Waals surface area (Å²) in [7, 11) is -4.04. The van der Waals surface area contributed by atoms with Crippen LogP contribution in [0.1, 0.15) is 40.2 Å². The van der Waals surface area contributed by atoms with Gasteiger partial charge in [0, 0.05) is 12.8 Å². The average molecular weight is 359 g/mol. The SMILES string of the molecule is O=C1CC(c2ccc(CN3C(=O)c4ccc(F)cc4S3(=O)=O)cc2)C1. The molecule has 1 saturated carbocycles. The Balaban J connectivity index is 1.59. The van der Waals surface area contributed by atoms with Crippen LogP contribution in [0.25, 0.3) is 0 Å². The molecule has 0 N–H and O–H groups in total. The fraction of sp³-hybridized carbons (Fsp3) is 0.222. The lowest BCUT2D eigenvalue weighted by Crippen LogP contribution is -2.29. The number of nitrogens with zero attached hydrogens (tertiary/aromatic N) is 1. The van der Waals surface area contributed by atoms with Crippen LogP contribution < -0.4 is 0 Å². The van der Waals surface area contributed by atoms with Crippen LogP contribution in [0, 0.1) is 5.82 Å². The Kier molecular flexibility index (Phi) is 3.50. The molecule has 4 rings (SSSR count). The predicted molar refractivity (Wildman–Crippen MR) is 86.9 cm³/mol. The van der Waals surface area contributed by atoms with Crippen LogP contribution in [0.5, 0.6) is 0 Å². The van der Waals surface area contributed by atoms with E-state index >= 15 is 0 Å². The van der Waals surface area contributed by atoms with E-state index in [9.17, 15) is 22.4 Å². The van der Waals surface area contributed by atoms with Gasteiger partial charge in [0.05, 0.1) is 12.1 Å². The van der Waals surface area contributed by atoms with E-state index in [1.807, 2.05) is 12.1 Å². The Labute approximate surface area is 144 Å². The van der Waals surface area contributed by atoms with Crippen molar-refractivity contribution in [1.29, 1.82) is 0 Å². The smallest absolute Gasteiger partial charge is 0.269 e. The van der Waals surface area contributed by atoms with Crippen molar-refractivity contribution in [2.45, 2.75) is 30.2 Å². The van der Waals surface area contributed by atoms with Crippen LogP contribution in [0.4, 0.5) is 4.39 Å². The summed E-state index contributed by atoms with van der Waals surface area (Å²) in [5.41, 5.74) is 1.68. The van der Waals surface area contributed by atoms with Gasteiger partial charge in [-0.15, -0.1) is 0 Å². The predicted octanol–water partition coefficient (Wildman–Crippen LogP) is 2.62. The molecule has 1 aliphatic carbocycles. The first-order valence-electron chi connectivity index (χ1n) is 7.83. The van der Waals surface area contributed by atoms with E-state index in [-0.39, 0.29) is 28.7 Å². The van der Waals surface area contributed by atoms with Crippen molar-refractivity contribution < 1.29 is 22.4 Å². The number of rotatable bonds is 3. The number of sulfonamides is 1. The summed E-state index contributed by atoms with van der Waals surface area (Å²) in [6, 6.07) is 10.4. The third-order valence-corrected chi connectivity index (χ3v) is 6.46. The summed E-state index contributed by atoms with van der Waals surface area (Å²) >= 11 is 0. The number of hydrogen-bond donors (Lipinski definition) is 0. The highest BCUT2D eigenvalue weighted by Crippen LogP contribution is 2.35. The Morgan fingerprint density at radius 2 is 1.72 bits per heavy atom. The topological polar surface area (TPSA) is 71.5 Å². The van der Waals surface area contributed by atoms with Crippen LogP contribution in [0.3, 0.4) is 0 Å². The average Bonchev–Trinajstić information content (AvgIpc) is 2.73. The standard InChI is InChI=1S/C18H14FNO4S/c19-14-5-6-16-17(9-14)25(23,24)20(18(16)22)10-11-1-3-12(4-2-11)13-7-15(21)8-13/h1-6,9,13H,7-8,10H2. The number of hydrogen-bond acceptors (Lipinski definition) is 4. The lowest BCUT2D eigenvalue weighted by molar-refractivity contribution is -0.124. The molecule has 25 heavy (non-hydrogen) atoms. The fourth-order valence-electron chi connectivity index (χ4n) is 3.19. The van der Waals surface area contributed by atoms with E-state index in [1.54, 1.807) is 12.1 Å². The van der Waals surface area contributed by atoms with Crippen LogP contribution in [0.2, 0.25) is 0 Å². The zero-order valence-electron chi connectivity index (χ0n) is 13.1. The van der Waals surface area contributed by atoms with Crippen molar-refractivity contribution in [1.82, 2.24) is 4.31 Å². The van der Waals surface area contributed by atoms with E-state index in [2.05, 4.69) is 0 Å². The maximum atomic E-state index is 13.4. The monoisotopic (exact) mass is 359 g/mol. The third-order valence-electron chi connectivity index (χ3n) is 4.69. The van der Waals surface area contributed by atoms with Gasteiger partial charge in [-0.25, -0.2) is 17.1 Å². The largest absolute Gasteiger partial charge is 0.300 e. The highest BCUT2D eigenvalue weighted by molar-refractivity contribution is 7.90. The van der Waals surface area contributed by atoms with Gasteiger partial charge in [0.25, 0.3) is 15.9 Å². The molecule has 0 spiro atoms. The molecular formula is C18H14FNO4S. The number of Topliss-reactive ketones (excluding diaryl/α,β-unsaturated/α-hetero) is 1. The molecular weight excluding hydrogens is 345 g/mol. The molecule has 2 aromatic rings. The van der Waals surface area contributed by atoms with Crippen molar-refractivity contribution in [3.05, 3.63) is 65.0 Å². The zero-order chi connectivity index (χ0) is 17.8. The van der Waals surface area contributed by atoms with Crippen molar-refractivity contribution in [3.63, 3.8) is 0 Å². The van der Waals surface area contributed by atoms with Gasteiger partial charge < -0.3 is 0 Å².